The molecule has 0 saturated heterocycles. The number of sulfonamides is 1. The zero-order chi connectivity index (χ0) is 21.6. The summed E-state index contributed by atoms with van der Waals surface area (Å²) in [5, 5.41) is 2.52. The molecule has 0 aliphatic carbocycles. The molecule has 0 unspecified atom stereocenters. The van der Waals surface area contributed by atoms with Crippen LogP contribution in [0.5, 0.6) is 11.5 Å². The first-order valence-electron chi connectivity index (χ1n) is 8.28. The molecule has 2 aromatic carbocycles. The van der Waals surface area contributed by atoms with E-state index in [-0.39, 0.29) is 27.6 Å². The van der Waals surface area contributed by atoms with Crippen molar-refractivity contribution in [2.75, 3.05) is 26.5 Å². The number of ether oxygens (including phenoxy) is 2. The molecule has 1 N–H and O–H groups in total. The van der Waals surface area contributed by atoms with Gasteiger partial charge in [-0.15, -0.1) is 0 Å². The van der Waals surface area contributed by atoms with Crippen LogP contribution < -0.4 is 14.8 Å². The number of halogens is 2. The molecule has 0 aliphatic heterocycles. The van der Waals surface area contributed by atoms with Crippen molar-refractivity contribution in [1.29, 1.82) is 0 Å². The normalized spacial score (nSPS) is 11.8. The first-order valence-corrected chi connectivity index (χ1v) is 9.72. The molecule has 1 amide bonds. The number of benzene rings is 2. The van der Waals surface area contributed by atoms with Gasteiger partial charge in [-0.25, -0.2) is 12.7 Å². The molecule has 0 aliphatic rings. The van der Waals surface area contributed by atoms with Crippen LogP contribution in [0.2, 0.25) is 0 Å². The van der Waals surface area contributed by atoms with Gasteiger partial charge in [-0.05, 0) is 30.3 Å². The lowest BCUT2D eigenvalue weighted by atomic mass is 10.2. The molecule has 0 radical (unpaired) electrons. The van der Waals surface area contributed by atoms with Crippen LogP contribution in [0.1, 0.15) is 5.56 Å². The number of carbonyl (C=O) groups is 1. The Hall–Kier alpha value is -2.98. The van der Waals surface area contributed by atoms with Crippen molar-refractivity contribution in [3.05, 3.63) is 54.1 Å². The van der Waals surface area contributed by atoms with Crippen molar-refractivity contribution < 1.29 is 31.5 Å². The Morgan fingerprint density at radius 1 is 1.14 bits per heavy atom. The number of rotatable bonds is 8. The lowest BCUT2D eigenvalue weighted by molar-refractivity contribution is -0.111. The molecule has 29 heavy (non-hydrogen) atoms. The summed E-state index contributed by atoms with van der Waals surface area (Å²) in [6.45, 7) is -3.00. The van der Waals surface area contributed by atoms with Crippen LogP contribution in [0, 0.1) is 0 Å². The highest BCUT2D eigenvalue weighted by atomic mass is 32.2. The molecule has 2 aromatic rings. The van der Waals surface area contributed by atoms with Crippen LogP contribution in [-0.2, 0) is 14.8 Å². The second-order valence-electron chi connectivity index (χ2n) is 5.89. The standard InChI is InChI=1S/C19H20F2N2O5S/c1-23(2)29(25,26)14-9-10-17(27-3)15(12-14)22-18(24)11-8-13-6-4-5-7-16(13)28-19(20)21/h4-12,19H,1-3H3,(H,22,24). The minimum atomic E-state index is -3.71. The van der Waals surface area contributed by atoms with Crippen LogP contribution in [0.15, 0.2) is 53.4 Å². The van der Waals surface area contributed by atoms with Gasteiger partial charge in [0.15, 0.2) is 0 Å². The Balaban J connectivity index is 2.26. The molecule has 0 aromatic heterocycles. The van der Waals surface area contributed by atoms with E-state index in [0.717, 1.165) is 10.4 Å². The first kappa shape index (κ1) is 22.3. The van der Waals surface area contributed by atoms with Crippen LogP contribution in [0.4, 0.5) is 14.5 Å². The quantitative estimate of drug-likeness (QED) is 0.656. The van der Waals surface area contributed by atoms with Crippen LogP contribution >= 0.6 is 0 Å². The van der Waals surface area contributed by atoms with E-state index in [2.05, 4.69) is 10.1 Å². The third kappa shape index (κ3) is 5.75. The number of hydrogen-bond acceptors (Lipinski definition) is 5. The van der Waals surface area contributed by atoms with Gasteiger partial charge in [0.1, 0.15) is 11.5 Å². The van der Waals surface area contributed by atoms with Crippen molar-refractivity contribution in [1.82, 2.24) is 4.31 Å². The van der Waals surface area contributed by atoms with E-state index in [0.29, 0.717) is 0 Å². The Kier molecular flexibility index (Phi) is 7.29. The molecule has 0 spiro atoms. The van der Waals surface area contributed by atoms with Crippen LogP contribution in [0.25, 0.3) is 6.08 Å². The highest BCUT2D eigenvalue weighted by molar-refractivity contribution is 7.89. The van der Waals surface area contributed by atoms with Crippen LogP contribution in [0.3, 0.4) is 0 Å². The minimum Gasteiger partial charge on any atom is -0.495 e. The van der Waals surface area contributed by atoms with Crippen molar-refractivity contribution in [2.24, 2.45) is 0 Å². The number of nitrogens with zero attached hydrogens (tertiary/aromatic N) is 1. The molecule has 0 atom stereocenters. The van der Waals surface area contributed by atoms with E-state index < -0.39 is 22.5 Å². The van der Waals surface area contributed by atoms with Crippen molar-refractivity contribution in [2.45, 2.75) is 11.5 Å². The number of alkyl halides is 2. The predicted octanol–water partition coefficient (Wildman–Crippen LogP) is 3.20. The highest BCUT2D eigenvalue weighted by Gasteiger charge is 2.19. The predicted molar refractivity (Wildman–Crippen MR) is 105 cm³/mol. The van der Waals surface area contributed by atoms with E-state index >= 15 is 0 Å². The average molecular weight is 426 g/mol. The number of methoxy groups -OCH3 is 1. The Bertz CT molecular complexity index is 1010. The molecule has 0 fully saturated rings. The highest BCUT2D eigenvalue weighted by Crippen LogP contribution is 2.28. The van der Waals surface area contributed by atoms with Gasteiger partial charge < -0.3 is 14.8 Å². The zero-order valence-corrected chi connectivity index (χ0v) is 16.7. The molecule has 156 valence electrons. The van der Waals surface area contributed by atoms with E-state index in [4.69, 9.17) is 4.74 Å². The van der Waals surface area contributed by atoms with Gasteiger partial charge in [-0.3, -0.25) is 4.79 Å². The first-order chi connectivity index (χ1) is 13.6. The lowest BCUT2D eigenvalue weighted by Crippen LogP contribution is -2.22. The number of nitrogens with one attached hydrogen (secondary N) is 1. The molecular formula is C19H20F2N2O5S. The molecule has 0 bridgehead atoms. The summed E-state index contributed by atoms with van der Waals surface area (Å²) >= 11 is 0. The van der Waals surface area contributed by atoms with Crippen molar-refractivity contribution >= 4 is 27.7 Å². The second-order valence-corrected chi connectivity index (χ2v) is 8.04. The van der Waals surface area contributed by atoms with E-state index in [1.165, 1.54) is 63.7 Å². The summed E-state index contributed by atoms with van der Waals surface area (Å²) in [5.41, 5.74) is 0.418. The maximum absolute atomic E-state index is 12.5. The number of para-hydroxylation sites is 1. The molecule has 10 heteroatoms. The van der Waals surface area contributed by atoms with Crippen molar-refractivity contribution in [3.8, 4) is 11.5 Å². The van der Waals surface area contributed by atoms with Gasteiger partial charge in [0.05, 0.1) is 17.7 Å². The lowest BCUT2D eigenvalue weighted by Gasteiger charge is -2.14. The largest absolute Gasteiger partial charge is 0.495 e. The third-order valence-electron chi connectivity index (χ3n) is 3.76. The summed E-state index contributed by atoms with van der Waals surface area (Å²) < 4.78 is 60.1. The minimum absolute atomic E-state index is 0.0294. The van der Waals surface area contributed by atoms with Gasteiger partial charge in [-0.1, -0.05) is 18.2 Å². The number of anilines is 1. The molecule has 7 nitrogen and oxygen atoms in total. The molecule has 2 rings (SSSR count). The van der Waals surface area contributed by atoms with E-state index in [9.17, 15) is 22.0 Å². The fourth-order valence-electron chi connectivity index (χ4n) is 2.32. The number of amides is 1. The van der Waals surface area contributed by atoms with Gasteiger partial charge in [0.25, 0.3) is 0 Å². The Morgan fingerprint density at radius 3 is 2.45 bits per heavy atom. The van der Waals surface area contributed by atoms with Gasteiger partial charge in [-0.2, -0.15) is 8.78 Å². The van der Waals surface area contributed by atoms with Gasteiger partial charge in [0.2, 0.25) is 15.9 Å². The van der Waals surface area contributed by atoms with E-state index in [1.54, 1.807) is 6.07 Å². The zero-order valence-electron chi connectivity index (χ0n) is 15.9. The van der Waals surface area contributed by atoms with Gasteiger partial charge in [0, 0.05) is 25.7 Å². The Morgan fingerprint density at radius 2 is 1.83 bits per heavy atom. The summed E-state index contributed by atoms with van der Waals surface area (Å²) in [6, 6.07) is 10.0. The second kappa shape index (κ2) is 9.48. The topological polar surface area (TPSA) is 84.9 Å². The molecular weight excluding hydrogens is 406 g/mol. The number of hydrogen-bond donors (Lipinski definition) is 1. The SMILES string of the molecule is COc1ccc(S(=O)(=O)N(C)C)cc1NC(=O)C=Cc1ccccc1OC(F)F. The molecule has 0 heterocycles. The smallest absolute Gasteiger partial charge is 0.387 e. The summed E-state index contributed by atoms with van der Waals surface area (Å²) in [5.74, 6) is -0.441. The summed E-state index contributed by atoms with van der Waals surface area (Å²) in [7, 11) is 0.439. The number of carbonyl (C=O) groups excluding carboxylic acids is 1. The average Bonchev–Trinajstić information content (AvgIpc) is 2.66. The van der Waals surface area contributed by atoms with Gasteiger partial charge >= 0.3 is 6.61 Å². The Labute approximate surface area is 167 Å². The third-order valence-corrected chi connectivity index (χ3v) is 5.57. The monoisotopic (exact) mass is 426 g/mol. The summed E-state index contributed by atoms with van der Waals surface area (Å²) in [4.78, 5) is 12.3. The maximum Gasteiger partial charge on any atom is 0.387 e. The molecule has 0 saturated carbocycles. The van der Waals surface area contributed by atoms with Crippen LogP contribution in [-0.4, -0.2) is 46.4 Å². The summed E-state index contributed by atoms with van der Waals surface area (Å²) in [6.07, 6.45) is 2.42. The fourth-order valence-corrected chi connectivity index (χ4v) is 3.25. The van der Waals surface area contributed by atoms with Crippen molar-refractivity contribution in [3.63, 3.8) is 0 Å². The van der Waals surface area contributed by atoms with E-state index in [1.807, 2.05) is 0 Å². The maximum atomic E-state index is 12.5. The fraction of sp³-hybridized carbons (Fsp3) is 0.211.